The highest BCUT2D eigenvalue weighted by atomic mass is 16.5. The van der Waals surface area contributed by atoms with Gasteiger partial charge >= 0.3 is 0 Å². The van der Waals surface area contributed by atoms with Crippen LogP contribution in [0.1, 0.15) is 37.7 Å². The van der Waals surface area contributed by atoms with Crippen LogP contribution in [-0.2, 0) is 11.2 Å². The molecule has 2 atom stereocenters. The molecule has 1 aromatic carbocycles. The number of carbonyl (C=O) groups is 1. The number of ether oxygens (including phenoxy) is 1. The van der Waals surface area contributed by atoms with Gasteiger partial charge in [-0.15, -0.1) is 0 Å². The summed E-state index contributed by atoms with van der Waals surface area (Å²) < 4.78 is 5.69. The number of nitrogens with one attached hydrogen (secondary N) is 1. The Kier molecular flexibility index (Phi) is 4.44. The van der Waals surface area contributed by atoms with Gasteiger partial charge in [0.1, 0.15) is 5.75 Å². The third kappa shape index (κ3) is 3.38. The van der Waals surface area contributed by atoms with Crippen LogP contribution in [0.2, 0.25) is 0 Å². The van der Waals surface area contributed by atoms with Crippen LogP contribution in [0, 0.1) is 5.92 Å². The Balaban J connectivity index is 1.53. The van der Waals surface area contributed by atoms with Gasteiger partial charge in [0.2, 0.25) is 0 Å². The van der Waals surface area contributed by atoms with Crippen LogP contribution in [0.25, 0.3) is 0 Å². The van der Waals surface area contributed by atoms with E-state index in [1.807, 2.05) is 24.3 Å². The smallest absolute Gasteiger partial charge is 0.261 e. The van der Waals surface area contributed by atoms with E-state index in [-0.39, 0.29) is 18.6 Å². The second kappa shape index (κ2) is 6.48. The highest BCUT2D eigenvalue weighted by molar-refractivity contribution is 5.82. The first-order valence-corrected chi connectivity index (χ1v) is 7.92. The summed E-state index contributed by atoms with van der Waals surface area (Å²) in [6.45, 7) is 0.00189. The molecule has 21 heavy (non-hydrogen) atoms. The predicted octanol–water partition coefficient (Wildman–Crippen LogP) is 2.05. The molecule has 1 saturated carbocycles. The third-order valence-electron chi connectivity index (χ3n) is 4.60. The van der Waals surface area contributed by atoms with Crippen molar-refractivity contribution < 1.29 is 14.6 Å². The van der Waals surface area contributed by atoms with Gasteiger partial charge in [-0.1, -0.05) is 43.9 Å². The molecule has 0 radical (unpaired) electrons. The molecule has 4 heteroatoms. The molecule has 4 nitrogen and oxygen atoms in total. The maximum Gasteiger partial charge on any atom is 0.261 e. The van der Waals surface area contributed by atoms with E-state index in [4.69, 9.17) is 4.74 Å². The molecule has 0 spiro atoms. The van der Waals surface area contributed by atoms with E-state index < -0.39 is 6.10 Å². The minimum absolute atomic E-state index is 0.00189. The molecule has 3 rings (SSSR count). The number of benzene rings is 1. The molecule has 1 aromatic rings. The van der Waals surface area contributed by atoms with Crippen molar-refractivity contribution in [2.45, 2.75) is 50.7 Å². The zero-order valence-electron chi connectivity index (χ0n) is 12.3. The summed E-state index contributed by atoms with van der Waals surface area (Å²) in [6, 6.07) is 7.61. The Morgan fingerprint density at radius 2 is 2.10 bits per heavy atom. The number of rotatable bonds is 5. The number of aliphatic hydroxyl groups excluding tert-OH is 1. The Hall–Kier alpha value is -1.55. The Morgan fingerprint density at radius 3 is 2.81 bits per heavy atom. The lowest BCUT2D eigenvalue weighted by Crippen LogP contribution is -2.45. The topological polar surface area (TPSA) is 58.6 Å². The van der Waals surface area contributed by atoms with Gasteiger partial charge in [-0.2, -0.15) is 0 Å². The number of carbonyl (C=O) groups excluding carboxylic acids is 1. The van der Waals surface area contributed by atoms with Crippen LogP contribution in [0.15, 0.2) is 24.3 Å². The molecular weight excluding hydrogens is 266 g/mol. The molecule has 1 heterocycles. The molecule has 2 N–H and O–H groups in total. The maximum atomic E-state index is 12.3. The summed E-state index contributed by atoms with van der Waals surface area (Å²) in [5, 5.41) is 12.5. The number of para-hydroxylation sites is 1. The van der Waals surface area contributed by atoms with Crippen molar-refractivity contribution in [1.29, 1.82) is 0 Å². The van der Waals surface area contributed by atoms with Crippen LogP contribution in [0.4, 0.5) is 0 Å². The summed E-state index contributed by atoms with van der Waals surface area (Å²) in [5.74, 6) is 1.33. The number of hydrogen-bond donors (Lipinski definition) is 2. The van der Waals surface area contributed by atoms with Crippen LogP contribution < -0.4 is 10.1 Å². The van der Waals surface area contributed by atoms with Gasteiger partial charge in [-0.05, 0) is 24.0 Å². The monoisotopic (exact) mass is 289 g/mol. The molecule has 2 aliphatic rings. The molecule has 0 bridgehead atoms. The van der Waals surface area contributed by atoms with Crippen molar-refractivity contribution in [3.63, 3.8) is 0 Å². The van der Waals surface area contributed by atoms with Crippen molar-refractivity contribution >= 4 is 5.91 Å². The third-order valence-corrected chi connectivity index (χ3v) is 4.60. The molecule has 1 aliphatic heterocycles. The van der Waals surface area contributed by atoms with E-state index >= 15 is 0 Å². The predicted molar refractivity (Wildman–Crippen MR) is 80.2 cm³/mol. The first kappa shape index (κ1) is 14.4. The normalized spacial score (nSPS) is 22.6. The van der Waals surface area contributed by atoms with Gasteiger partial charge < -0.3 is 15.2 Å². The average molecular weight is 289 g/mol. The Bertz CT molecular complexity index is 472. The van der Waals surface area contributed by atoms with E-state index in [9.17, 15) is 9.90 Å². The summed E-state index contributed by atoms with van der Waals surface area (Å²) >= 11 is 0. The number of amides is 1. The lowest BCUT2D eigenvalue weighted by Gasteiger charge is -2.21. The minimum Gasteiger partial charge on any atom is -0.480 e. The Morgan fingerprint density at radius 1 is 1.33 bits per heavy atom. The maximum absolute atomic E-state index is 12.3. The first-order valence-electron chi connectivity index (χ1n) is 7.92. The van der Waals surface area contributed by atoms with Crippen LogP contribution in [0.3, 0.4) is 0 Å². The van der Waals surface area contributed by atoms with Gasteiger partial charge in [-0.3, -0.25) is 4.79 Å². The van der Waals surface area contributed by atoms with E-state index in [0.717, 1.165) is 17.7 Å². The molecule has 114 valence electrons. The quantitative estimate of drug-likeness (QED) is 0.872. The fourth-order valence-corrected chi connectivity index (χ4v) is 3.45. The van der Waals surface area contributed by atoms with Crippen LogP contribution in [-0.4, -0.2) is 29.8 Å². The van der Waals surface area contributed by atoms with Gasteiger partial charge in [-0.25, -0.2) is 0 Å². The molecule has 0 aromatic heterocycles. The molecular formula is C17H23NO3. The lowest BCUT2D eigenvalue weighted by atomic mass is 9.98. The molecule has 0 saturated heterocycles. The largest absolute Gasteiger partial charge is 0.480 e. The number of fused-ring (bicyclic) bond motifs is 1. The van der Waals surface area contributed by atoms with Crippen molar-refractivity contribution in [1.82, 2.24) is 5.32 Å². The average Bonchev–Trinajstić information content (AvgIpc) is 3.15. The number of aliphatic hydroxyl groups is 1. The minimum atomic E-state index is -0.458. The Labute approximate surface area is 125 Å². The fraction of sp³-hybridized carbons (Fsp3) is 0.588. The van der Waals surface area contributed by atoms with Crippen molar-refractivity contribution in [2.24, 2.45) is 5.92 Å². The van der Waals surface area contributed by atoms with Crippen molar-refractivity contribution in [2.75, 3.05) is 6.61 Å². The highest BCUT2D eigenvalue weighted by Gasteiger charge is 2.30. The van der Waals surface area contributed by atoms with Crippen LogP contribution in [0.5, 0.6) is 5.75 Å². The van der Waals surface area contributed by atoms with E-state index in [0.29, 0.717) is 12.3 Å². The number of hydrogen-bond acceptors (Lipinski definition) is 3. The molecule has 1 amide bonds. The van der Waals surface area contributed by atoms with Crippen molar-refractivity contribution in [3.8, 4) is 5.75 Å². The van der Waals surface area contributed by atoms with E-state index in [2.05, 4.69) is 5.32 Å². The fourth-order valence-electron chi connectivity index (χ4n) is 3.45. The summed E-state index contributed by atoms with van der Waals surface area (Å²) in [5.41, 5.74) is 1.08. The van der Waals surface area contributed by atoms with Gasteiger partial charge in [0, 0.05) is 6.42 Å². The standard InChI is InChI=1S/C17H23NO3/c19-11-14(9-12-5-1-2-6-12)18-17(20)16-10-13-7-3-4-8-15(13)21-16/h3-4,7-8,12,14,16,19H,1-2,5-6,9-11H2,(H,18,20)/t14-,16-/m0/s1. The highest BCUT2D eigenvalue weighted by Crippen LogP contribution is 2.30. The summed E-state index contributed by atoms with van der Waals surface area (Å²) in [6.07, 6.45) is 6.02. The molecule has 1 fully saturated rings. The van der Waals surface area contributed by atoms with Gasteiger partial charge in [0.15, 0.2) is 6.10 Å². The second-order valence-electron chi connectivity index (χ2n) is 6.19. The van der Waals surface area contributed by atoms with Crippen LogP contribution >= 0.6 is 0 Å². The zero-order valence-corrected chi connectivity index (χ0v) is 12.3. The van der Waals surface area contributed by atoms with E-state index in [1.165, 1.54) is 25.7 Å². The summed E-state index contributed by atoms with van der Waals surface area (Å²) in [7, 11) is 0. The SMILES string of the molecule is O=C(N[C@H](CO)CC1CCCC1)[C@@H]1Cc2ccccc2O1. The molecule has 0 unspecified atom stereocenters. The molecule has 1 aliphatic carbocycles. The second-order valence-corrected chi connectivity index (χ2v) is 6.19. The van der Waals surface area contributed by atoms with Gasteiger partial charge in [0.05, 0.1) is 12.6 Å². The summed E-state index contributed by atoms with van der Waals surface area (Å²) in [4.78, 5) is 12.3. The van der Waals surface area contributed by atoms with Crippen molar-refractivity contribution in [3.05, 3.63) is 29.8 Å². The lowest BCUT2D eigenvalue weighted by molar-refractivity contribution is -0.128. The van der Waals surface area contributed by atoms with Gasteiger partial charge in [0.25, 0.3) is 5.91 Å². The first-order chi connectivity index (χ1) is 10.3. The zero-order chi connectivity index (χ0) is 14.7. The van der Waals surface area contributed by atoms with E-state index in [1.54, 1.807) is 0 Å².